The molecule has 1 unspecified atom stereocenters. The molecule has 1 atom stereocenters. The molecule has 5 heteroatoms. The Labute approximate surface area is 158 Å². The molecule has 25 heavy (non-hydrogen) atoms. The number of carbonyl (C=O) groups excluding carboxylic acids is 1. The zero-order valence-corrected chi connectivity index (χ0v) is 16.6. The highest BCUT2D eigenvalue weighted by atomic mass is 32.2. The number of piperidine rings is 1. The Morgan fingerprint density at radius 3 is 2.84 bits per heavy atom. The van der Waals surface area contributed by atoms with E-state index in [0.717, 1.165) is 16.3 Å². The lowest BCUT2D eigenvalue weighted by molar-refractivity contribution is 0.0952. The number of hydrogen-bond donors (Lipinski definition) is 1. The molecule has 134 valence electrons. The molecule has 1 N–H and O–H groups in total. The van der Waals surface area contributed by atoms with E-state index in [9.17, 15) is 4.79 Å². The number of nitrogens with one attached hydrogen (secondary N) is 1. The SMILES string of the molecule is CSc1ccsc1C(=O)NCc1ccccc1CN1CCCCC1C. The van der Waals surface area contributed by atoms with Crippen LogP contribution in [0.4, 0.5) is 0 Å². The Morgan fingerprint density at radius 2 is 2.08 bits per heavy atom. The van der Waals surface area contributed by atoms with Gasteiger partial charge >= 0.3 is 0 Å². The zero-order chi connectivity index (χ0) is 17.6. The Morgan fingerprint density at radius 1 is 1.28 bits per heavy atom. The van der Waals surface area contributed by atoms with E-state index in [0.29, 0.717) is 12.6 Å². The molecule has 1 saturated heterocycles. The third-order valence-electron chi connectivity index (χ3n) is 4.93. The molecule has 1 fully saturated rings. The van der Waals surface area contributed by atoms with Crippen LogP contribution >= 0.6 is 23.1 Å². The van der Waals surface area contributed by atoms with E-state index in [1.165, 1.54) is 48.3 Å². The fourth-order valence-corrected chi connectivity index (χ4v) is 5.04. The summed E-state index contributed by atoms with van der Waals surface area (Å²) in [5.41, 5.74) is 2.55. The Bertz CT molecular complexity index is 713. The van der Waals surface area contributed by atoms with Gasteiger partial charge in [0.15, 0.2) is 0 Å². The molecular weight excluding hydrogens is 348 g/mol. The van der Waals surface area contributed by atoms with Crippen molar-refractivity contribution >= 4 is 29.0 Å². The number of nitrogens with zero attached hydrogens (tertiary/aromatic N) is 1. The van der Waals surface area contributed by atoms with Gasteiger partial charge < -0.3 is 5.32 Å². The molecule has 1 aliphatic heterocycles. The van der Waals surface area contributed by atoms with E-state index in [1.807, 2.05) is 17.7 Å². The van der Waals surface area contributed by atoms with E-state index >= 15 is 0 Å². The maximum Gasteiger partial charge on any atom is 0.262 e. The summed E-state index contributed by atoms with van der Waals surface area (Å²) in [5, 5.41) is 5.08. The maximum absolute atomic E-state index is 12.5. The van der Waals surface area contributed by atoms with Crippen LogP contribution in [0.2, 0.25) is 0 Å². The van der Waals surface area contributed by atoms with E-state index in [1.54, 1.807) is 11.8 Å². The molecule has 3 rings (SSSR count). The second kappa shape index (κ2) is 8.88. The van der Waals surface area contributed by atoms with Crippen LogP contribution in [-0.2, 0) is 13.1 Å². The molecule has 2 aromatic rings. The van der Waals surface area contributed by atoms with Gasteiger partial charge in [0.2, 0.25) is 0 Å². The van der Waals surface area contributed by atoms with Gasteiger partial charge in [-0.05, 0) is 55.1 Å². The van der Waals surface area contributed by atoms with Gasteiger partial charge in [-0.3, -0.25) is 9.69 Å². The number of amides is 1. The van der Waals surface area contributed by atoms with Crippen molar-refractivity contribution in [3.05, 3.63) is 51.7 Å². The molecule has 0 spiro atoms. The first-order chi connectivity index (χ1) is 12.2. The van der Waals surface area contributed by atoms with Crippen LogP contribution in [0.5, 0.6) is 0 Å². The summed E-state index contributed by atoms with van der Waals surface area (Å²) in [7, 11) is 0. The van der Waals surface area contributed by atoms with Crippen LogP contribution in [0.25, 0.3) is 0 Å². The fraction of sp³-hybridized carbons (Fsp3) is 0.450. The number of rotatable bonds is 6. The van der Waals surface area contributed by atoms with E-state index in [-0.39, 0.29) is 5.91 Å². The summed E-state index contributed by atoms with van der Waals surface area (Å²) in [4.78, 5) is 16.9. The van der Waals surface area contributed by atoms with Gasteiger partial charge in [-0.2, -0.15) is 0 Å². The summed E-state index contributed by atoms with van der Waals surface area (Å²) < 4.78 is 0. The lowest BCUT2D eigenvalue weighted by atomic mass is 10.0. The second-order valence-corrected chi connectivity index (χ2v) is 8.35. The van der Waals surface area contributed by atoms with Crippen LogP contribution in [-0.4, -0.2) is 29.6 Å². The monoisotopic (exact) mass is 374 g/mol. The van der Waals surface area contributed by atoms with Crippen LogP contribution in [0.1, 0.15) is 47.0 Å². The minimum Gasteiger partial charge on any atom is -0.347 e. The number of hydrogen-bond acceptors (Lipinski definition) is 4. The van der Waals surface area contributed by atoms with Crippen molar-refractivity contribution in [3.8, 4) is 0 Å². The van der Waals surface area contributed by atoms with Crippen molar-refractivity contribution in [2.24, 2.45) is 0 Å². The summed E-state index contributed by atoms with van der Waals surface area (Å²) in [6, 6.07) is 11.1. The van der Waals surface area contributed by atoms with Gasteiger partial charge in [0, 0.05) is 24.0 Å². The van der Waals surface area contributed by atoms with Crippen LogP contribution in [0.3, 0.4) is 0 Å². The predicted molar refractivity (Wildman–Crippen MR) is 107 cm³/mol. The van der Waals surface area contributed by atoms with Crippen molar-refractivity contribution in [2.75, 3.05) is 12.8 Å². The maximum atomic E-state index is 12.5. The Hall–Kier alpha value is -1.30. The molecule has 1 amide bonds. The summed E-state index contributed by atoms with van der Waals surface area (Å²) in [6.45, 7) is 5.06. The van der Waals surface area contributed by atoms with Crippen LogP contribution in [0, 0.1) is 0 Å². The molecule has 0 bridgehead atoms. The smallest absolute Gasteiger partial charge is 0.262 e. The Balaban J connectivity index is 1.65. The molecule has 1 aromatic heterocycles. The van der Waals surface area contributed by atoms with Gasteiger partial charge in [-0.15, -0.1) is 23.1 Å². The van der Waals surface area contributed by atoms with Crippen molar-refractivity contribution in [3.63, 3.8) is 0 Å². The third-order valence-corrected chi connectivity index (χ3v) is 6.75. The van der Waals surface area contributed by atoms with Gasteiger partial charge in [0.05, 0.1) is 0 Å². The first-order valence-electron chi connectivity index (χ1n) is 8.89. The number of thiophene rings is 1. The predicted octanol–water partition coefficient (Wildman–Crippen LogP) is 4.77. The Kier molecular flexibility index (Phi) is 6.57. The van der Waals surface area contributed by atoms with Gasteiger partial charge in [0.1, 0.15) is 4.88 Å². The average molecular weight is 375 g/mol. The van der Waals surface area contributed by atoms with Crippen molar-refractivity contribution < 1.29 is 4.79 Å². The first kappa shape index (κ1) is 18.5. The standard InChI is InChI=1S/C20H26N2OS2/c1-15-7-5-6-11-22(15)14-17-9-4-3-8-16(17)13-21-20(23)19-18(24-2)10-12-25-19/h3-4,8-10,12,15H,5-7,11,13-14H2,1-2H3,(H,21,23). The second-order valence-electron chi connectivity index (χ2n) is 6.58. The lowest BCUT2D eigenvalue weighted by Crippen LogP contribution is -2.37. The molecule has 0 saturated carbocycles. The topological polar surface area (TPSA) is 32.3 Å². The number of likely N-dealkylation sites (tertiary alicyclic amines) is 1. The van der Waals surface area contributed by atoms with Crippen LogP contribution < -0.4 is 5.32 Å². The van der Waals surface area contributed by atoms with Crippen molar-refractivity contribution in [2.45, 2.75) is 50.2 Å². The fourth-order valence-electron chi connectivity index (χ4n) is 3.38. The van der Waals surface area contributed by atoms with Crippen molar-refractivity contribution in [1.82, 2.24) is 10.2 Å². The third kappa shape index (κ3) is 4.66. The summed E-state index contributed by atoms with van der Waals surface area (Å²) in [6.07, 6.45) is 5.93. The normalized spacial score (nSPS) is 18.2. The molecule has 1 aromatic carbocycles. The average Bonchev–Trinajstić information content (AvgIpc) is 3.11. The highest BCUT2D eigenvalue weighted by molar-refractivity contribution is 7.98. The van der Waals surface area contributed by atoms with Gasteiger partial charge in [-0.25, -0.2) is 0 Å². The molecule has 0 radical (unpaired) electrons. The first-order valence-corrected chi connectivity index (χ1v) is 11.0. The highest BCUT2D eigenvalue weighted by Gasteiger charge is 2.19. The van der Waals surface area contributed by atoms with Crippen LogP contribution in [0.15, 0.2) is 40.6 Å². The molecule has 3 nitrogen and oxygen atoms in total. The highest BCUT2D eigenvalue weighted by Crippen LogP contribution is 2.26. The number of benzene rings is 1. The molecule has 1 aliphatic rings. The van der Waals surface area contributed by atoms with Crippen molar-refractivity contribution in [1.29, 1.82) is 0 Å². The number of carbonyl (C=O) groups is 1. The lowest BCUT2D eigenvalue weighted by Gasteiger charge is -2.33. The summed E-state index contributed by atoms with van der Waals surface area (Å²) in [5.74, 6) is 0.0282. The molecule has 0 aliphatic carbocycles. The van der Waals surface area contributed by atoms with Gasteiger partial charge in [0.25, 0.3) is 5.91 Å². The molecule has 2 heterocycles. The van der Waals surface area contributed by atoms with E-state index in [4.69, 9.17) is 0 Å². The van der Waals surface area contributed by atoms with E-state index < -0.39 is 0 Å². The minimum atomic E-state index is 0.0282. The zero-order valence-electron chi connectivity index (χ0n) is 15.0. The quantitative estimate of drug-likeness (QED) is 0.739. The van der Waals surface area contributed by atoms with E-state index in [2.05, 4.69) is 41.4 Å². The number of thioether (sulfide) groups is 1. The minimum absolute atomic E-state index is 0.0282. The molecular formula is C20H26N2OS2. The summed E-state index contributed by atoms with van der Waals surface area (Å²) >= 11 is 3.13. The van der Waals surface area contributed by atoms with Gasteiger partial charge in [-0.1, -0.05) is 30.7 Å². The largest absolute Gasteiger partial charge is 0.347 e.